The van der Waals surface area contributed by atoms with E-state index in [-0.39, 0.29) is 5.91 Å². The number of carbonyl (C=O) groups excluding carboxylic acids is 2. The van der Waals surface area contributed by atoms with E-state index in [0.717, 1.165) is 18.6 Å². The number of hydrogen-bond donors (Lipinski definition) is 2. The molecule has 0 spiro atoms. The lowest BCUT2D eigenvalue weighted by atomic mass is 10.2. The minimum atomic E-state index is -0.416. The number of unbranched alkanes of at least 4 members (excludes halogenated alkanes) is 1. The summed E-state index contributed by atoms with van der Waals surface area (Å²) in [5.74, 6) is 0.851. The minimum Gasteiger partial charge on any atom is -0.462 e. The third kappa shape index (κ3) is 4.92. The number of H-pyrrole nitrogens is 1. The molecule has 6 heteroatoms. The number of aryl methyl sites for hydroxylation is 1. The molecule has 5 nitrogen and oxygen atoms in total. The maximum atomic E-state index is 11.8. The van der Waals surface area contributed by atoms with Crippen LogP contribution in [0.1, 0.15) is 42.7 Å². The average Bonchev–Trinajstić information content (AvgIpc) is 2.76. The largest absolute Gasteiger partial charge is 0.462 e. The quantitative estimate of drug-likeness (QED) is 0.572. The van der Waals surface area contributed by atoms with Crippen LogP contribution in [0.2, 0.25) is 0 Å². The maximum Gasteiger partial charge on any atom is 0.342 e. The lowest BCUT2D eigenvalue weighted by molar-refractivity contribution is -0.113. The number of nitrogens with one attached hydrogen (secondary N) is 2. The van der Waals surface area contributed by atoms with Crippen molar-refractivity contribution in [1.29, 1.82) is 0 Å². The van der Waals surface area contributed by atoms with E-state index in [1.807, 2.05) is 0 Å². The molecule has 2 N–H and O–H groups in total. The van der Waals surface area contributed by atoms with Crippen LogP contribution in [-0.4, -0.2) is 35.0 Å². The molecular weight excluding hydrogens is 276 g/mol. The number of hydrogen-bond acceptors (Lipinski definition) is 4. The Kier molecular flexibility index (Phi) is 7.22. The van der Waals surface area contributed by atoms with Crippen LogP contribution in [0.15, 0.2) is 6.20 Å². The summed E-state index contributed by atoms with van der Waals surface area (Å²) in [6.45, 7) is 5.96. The number of anilines is 1. The van der Waals surface area contributed by atoms with Gasteiger partial charge in [0.25, 0.3) is 0 Å². The summed E-state index contributed by atoms with van der Waals surface area (Å²) in [6.07, 6.45) is 3.85. The van der Waals surface area contributed by atoms with E-state index in [1.54, 1.807) is 31.8 Å². The second-order valence-corrected chi connectivity index (χ2v) is 5.48. The summed E-state index contributed by atoms with van der Waals surface area (Å²) < 4.78 is 4.99. The van der Waals surface area contributed by atoms with Crippen LogP contribution in [0.5, 0.6) is 0 Å². The van der Waals surface area contributed by atoms with Crippen molar-refractivity contribution in [1.82, 2.24) is 4.98 Å². The van der Waals surface area contributed by atoms with Gasteiger partial charge in [-0.3, -0.25) is 4.79 Å². The Morgan fingerprint density at radius 1 is 1.40 bits per heavy atom. The molecule has 0 aliphatic heterocycles. The number of carbonyl (C=O) groups is 2. The van der Waals surface area contributed by atoms with Crippen LogP contribution in [0.25, 0.3) is 0 Å². The standard InChI is InChI=1S/C14H22N2O3S/c1-4-6-7-20-9-12(17)16-11-8-15-10(3)13(11)14(18)19-5-2/h8,15H,4-7,9H2,1-3H3,(H,16,17). The molecule has 0 aliphatic rings. The van der Waals surface area contributed by atoms with Crippen molar-refractivity contribution >= 4 is 29.3 Å². The number of thioether (sulfide) groups is 1. The van der Waals surface area contributed by atoms with E-state index in [0.29, 0.717) is 29.3 Å². The molecule has 0 saturated carbocycles. The first-order valence-electron chi connectivity index (χ1n) is 6.82. The zero-order valence-electron chi connectivity index (χ0n) is 12.2. The Labute approximate surface area is 123 Å². The zero-order valence-corrected chi connectivity index (χ0v) is 13.1. The Morgan fingerprint density at radius 2 is 2.15 bits per heavy atom. The summed E-state index contributed by atoms with van der Waals surface area (Å²) in [4.78, 5) is 26.6. The van der Waals surface area contributed by atoms with Crippen LogP contribution in [0, 0.1) is 6.92 Å². The minimum absolute atomic E-state index is 0.101. The van der Waals surface area contributed by atoms with Gasteiger partial charge in [0.2, 0.25) is 5.91 Å². The molecule has 0 radical (unpaired) electrons. The molecule has 1 rings (SSSR count). The normalized spacial score (nSPS) is 10.3. The van der Waals surface area contributed by atoms with E-state index >= 15 is 0 Å². The van der Waals surface area contributed by atoms with Crippen LogP contribution >= 0.6 is 11.8 Å². The fraction of sp³-hybridized carbons (Fsp3) is 0.571. The first kappa shape index (κ1) is 16.6. The predicted octanol–water partition coefficient (Wildman–Crippen LogP) is 2.97. The Bertz CT molecular complexity index is 457. The third-order valence-electron chi connectivity index (χ3n) is 2.71. The first-order valence-corrected chi connectivity index (χ1v) is 7.98. The molecule has 0 saturated heterocycles. The third-order valence-corrected chi connectivity index (χ3v) is 3.75. The molecule has 0 aromatic carbocycles. The number of rotatable bonds is 8. The number of amides is 1. The molecule has 1 heterocycles. The Morgan fingerprint density at radius 3 is 2.80 bits per heavy atom. The lowest BCUT2D eigenvalue weighted by Crippen LogP contribution is -2.17. The fourth-order valence-electron chi connectivity index (χ4n) is 1.69. The van der Waals surface area contributed by atoms with Gasteiger partial charge >= 0.3 is 5.97 Å². The molecule has 1 aromatic rings. The highest BCUT2D eigenvalue weighted by molar-refractivity contribution is 7.99. The molecule has 0 unspecified atom stereocenters. The van der Waals surface area contributed by atoms with E-state index in [9.17, 15) is 9.59 Å². The summed E-state index contributed by atoms with van der Waals surface area (Å²) in [5, 5.41) is 2.76. The van der Waals surface area contributed by atoms with E-state index in [1.165, 1.54) is 0 Å². The van der Waals surface area contributed by atoms with Gasteiger partial charge < -0.3 is 15.0 Å². The van der Waals surface area contributed by atoms with E-state index < -0.39 is 5.97 Å². The van der Waals surface area contributed by atoms with Crippen LogP contribution < -0.4 is 5.32 Å². The van der Waals surface area contributed by atoms with E-state index in [2.05, 4.69) is 17.2 Å². The summed E-state index contributed by atoms with van der Waals surface area (Å²) in [6, 6.07) is 0. The molecule has 0 aliphatic carbocycles. The van der Waals surface area contributed by atoms with Crippen molar-refractivity contribution in [3.8, 4) is 0 Å². The molecule has 20 heavy (non-hydrogen) atoms. The lowest BCUT2D eigenvalue weighted by Gasteiger charge is -2.07. The average molecular weight is 298 g/mol. The number of aromatic nitrogens is 1. The van der Waals surface area contributed by atoms with Gasteiger partial charge in [0.15, 0.2) is 0 Å². The Balaban J connectivity index is 2.59. The van der Waals surface area contributed by atoms with Crippen LogP contribution in [0.4, 0.5) is 5.69 Å². The van der Waals surface area contributed by atoms with Gasteiger partial charge in [-0.15, -0.1) is 0 Å². The number of ether oxygens (including phenoxy) is 1. The van der Waals surface area contributed by atoms with Crippen LogP contribution in [0.3, 0.4) is 0 Å². The van der Waals surface area contributed by atoms with Gasteiger partial charge in [-0.25, -0.2) is 4.79 Å². The summed E-state index contributed by atoms with van der Waals surface area (Å²) in [7, 11) is 0. The maximum absolute atomic E-state index is 11.8. The van der Waals surface area contributed by atoms with E-state index in [4.69, 9.17) is 4.74 Å². The highest BCUT2D eigenvalue weighted by Crippen LogP contribution is 2.20. The topological polar surface area (TPSA) is 71.2 Å². The van der Waals surface area contributed by atoms with Crippen LogP contribution in [-0.2, 0) is 9.53 Å². The van der Waals surface area contributed by atoms with Gasteiger partial charge in [0.05, 0.1) is 18.0 Å². The summed E-state index contributed by atoms with van der Waals surface area (Å²) in [5.41, 5.74) is 1.58. The van der Waals surface area contributed by atoms with Gasteiger partial charge in [-0.2, -0.15) is 11.8 Å². The molecule has 0 fully saturated rings. The van der Waals surface area contributed by atoms with Gasteiger partial charge in [0.1, 0.15) is 5.56 Å². The fourth-order valence-corrected chi connectivity index (χ4v) is 2.58. The molecule has 1 amide bonds. The van der Waals surface area contributed by atoms with Crippen molar-refractivity contribution in [3.63, 3.8) is 0 Å². The smallest absolute Gasteiger partial charge is 0.342 e. The van der Waals surface area contributed by atoms with Crippen molar-refractivity contribution in [2.24, 2.45) is 0 Å². The van der Waals surface area contributed by atoms with Crippen molar-refractivity contribution in [2.75, 3.05) is 23.4 Å². The number of esters is 1. The van der Waals surface area contributed by atoms with Crippen molar-refractivity contribution < 1.29 is 14.3 Å². The molecule has 0 atom stereocenters. The first-order chi connectivity index (χ1) is 9.60. The highest BCUT2D eigenvalue weighted by Gasteiger charge is 2.18. The Hall–Kier alpha value is -1.43. The zero-order chi connectivity index (χ0) is 15.0. The SMILES string of the molecule is CCCCSCC(=O)Nc1c[nH]c(C)c1C(=O)OCC. The highest BCUT2D eigenvalue weighted by atomic mass is 32.2. The number of aromatic amines is 1. The predicted molar refractivity (Wildman–Crippen MR) is 82.3 cm³/mol. The molecule has 112 valence electrons. The molecular formula is C14H22N2O3S. The van der Waals surface area contributed by atoms with Crippen molar-refractivity contribution in [3.05, 3.63) is 17.5 Å². The second-order valence-electron chi connectivity index (χ2n) is 4.38. The monoisotopic (exact) mass is 298 g/mol. The van der Waals surface area contributed by atoms with Gasteiger partial charge in [0, 0.05) is 11.9 Å². The van der Waals surface area contributed by atoms with Crippen molar-refractivity contribution in [2.45, 2.75) is 33.6 Å². The van der Waals surface area contributed by atoms with Gasteiger partial charge in [-0.1, -0.05) is 13.3 Å². The molecule has 1 aromatic heterocycles. The van der Waals surface area contributed by atoms with Gasteiger partial charge in [-0.05, 0) is 26.0 Å². The summed E-state index contributed by atoms with van der Waals surface area (Å²) >= 11 is 1.60. The molecule has 0 bridgehead atoms. The second kappa shape index (κ2) is 8.68.